The van der Waals surface area contributed by atoms with Gasteiger partial charge in [-0.1, -0.05) is 0 Å². The quantitative estimate of drug-likeness (QED) is 0.197. The molecule has 0 aromatic carbocycles. The molecule has 0 radical (unpaired) electrons. The largest absolute Gasteiger partial charge is 0.444 e. The molecule has 4 aromatic rings. The molecular formula is C36H53BrN8O5. The van der Waals surface area contributed by atoms with Gasteiger partial charge >= 0.3 is 12.2 Å². The van der Waals surface area contributed by atoms with E-state index >= 15 is 0 Å². The van der Waals surface area contributed by atoms with E-state index in [1.807, 2.05) is 72.1 Å². The molecule has 0 aliphatic carbocycles. The third-order valence-electron chi connectivity index (χ3n) is 7.70. The summed E-state index contributed by atoms with van der Waals surface area (Å²) in [5.74, 6) is 0. The monoisotopic (exact) mass is 756 g/mol. The van der Waals surface area contributed by atoms with Crippen LogP contribution in [-0.2, 0) is 14.2 Å². The third kappa shape index (κ3) is 12.5. The van der Waals surface area contributed by atoms with E-state index in [1.165, 1.54) is 12.8 Å². The molecule has 0 saturated carbocycles. The number of H-pyrrole nitrogens is 2. The Morgan fingerprint density at radius 2 is 1.24 bits per heavy atom. The van der Waals surface area contributed by atoms with Crippen LogP contribution in [0.25, 0.3) is 22.1 Å². The highest BCUT2D eigenvalue weighted by Crippen LogP contribution is 2.26. The maximum absolute atomic E-state index is 12.1. The van der Waals surface area contributed by atoms with Crippen molar-refractivity contribution in [3.63, 3.8) is 0 Å². The van der Waals surface area contributed by atoms with E-state index in [9.17, 15) is 9.59 Å². The summed E-state index contributed by atoms with van der Waals surface area (Å²) < 4.78 is 16.7. The number of piperazine rings is 2. The number of nitrogens with one attached hydrogen (secondary N) is 3. The molecule has 7 rings (SSSR count). The van der Waals surface area contributed by atoms with Crippen molar-refractivity contribution in [3.05, 3.63) is 53.5 Å². The number of nitrogens with zero attached hydrogens (tertiary/aromatic N) is 5. The van der Waals surface area contributed by atoms with Gasteiger partial charge in [-0.2, -0.15) is 0 Å². The molecule has 50 heavy (non-hydrogen) atoms. The van der Waals surface area contributed by atoms with Crippen molar-refractivity contribution in [2.45, 2.75) is 65.6 Å². The molecule has 0 spiro atoms. The summed E-state index contributed by atoms with van der Waals surface area (Å²) in [7, 11) is 0. The summed E-state index contributed by atoms with van der Waals surface area (Å²) in [5.41, 5.74) is 2.13. The number of halogens is 1. The lowest BCUT2D eigenvalue weighted by molar-refractivity contribution is 0.0223. The molecule has 3 N–H and O–H groups in total. The van der Waals surface area contributed by atoms with Crippen molar-refractivity contribution < 1.29 is 23.8 Å². The van der Waals surface area contributed by atoms with Crippen LogP contribution in [0.5, 0.6) is 0 Å². The van der Waals surface area contributed by atoms with Gasteiger partial charge in [0, 0.05) is 106 Å². The lowest BCUT2D eigenvalue weighted by Gasteiger charge is -2.36. The molecule has 3 aliphatic heterocycles. The number of aromatic amines is 2. The predicted octanol–water partition coefficient (Wildman–Crippen LogP) is 6.57. The molecule has 0 bridgehead atoms. The number of carbonyl (C=O) groups excluding carboxylic acids is 2. The summed E-state index contributed by atoms with van der Waals surface area (Å²) in [4.78, 5) is 44.0. The number of fused-ring (bicyclic) bond motifs is 2. The Morgan fingerprint density at radius 3 is 1.74 bits per heavy atom. The molecule has 3 saturated heterocycles. The molecule has 274 valence electrons. The average molecular weight is 758 g/mol. The first-order valence-electron chi connectivity index (χ1n) is 17.3. The van der Waals surface area contributed by atoms with Gasteiger partial charge in [0.2, 0.25) is 0 Å². The predicted molar refractivity (Wildman–Crippen MR) is 201 cm³/mol. The van der Waals surface area contributed by atoms with Gasteiger partial charge in [-0.15, -0.1) is 0 Å². The highest BCUT2D eigenvalue weighted by molar-refractivity contribution is 9.10. The highest BCUT2D eigenvalue weighted by Gasteiger charge is 2.27. The molecule has 4 aromatic heterocycles. The van der Waals surface area contributed by atoms with E-state index < -0.39 is 5.60 Å². The Hall–Kier alpha value is -3.88. The van der Waals surface area contributed by atoms with E-state index in [1.54, 1.807) is 22.2 Å². The average Bonchev–Trinajstić information content (AvgIpc) is 3.88. The molecule has 0 unspecified atom stereocenters. The molecule has 3 aliphatic rings. The number of rotatable bonds is 1. The van der Waals surface area contributed by atoms with Gasteiger partial charge in [0.25, 0.3) is 0 Å². The summed E-state index contributed by atoms with van der Waals surface area (Å²) in [5, 5.41) is 5.43. The van der Waals surface area contributed by atoms with Crippen LogP contribution in [0.1, 0.15) is 54.4 Å². The summed E-state index contributed by atoms with van der Waals surface area (Å²) in [6.07, 6.45) is 9.55. The van der Waals surface area contributed by atoms with Crippen molar-refractivity contribution >= 4 is 55.9 Å². The van der Waals surface area contributed by atoms with E-state index in [0.29, 0.717) is 13.1 Å². The van der Waals surface area contributed by atoms with Crippen LogP contribution in [0.2, 0.25) is 0 Å². The van der Waals surface area contributed by atoms with Crippen LogP contribution in [-0.4, -0.2) is 119 Å². The van der Waals surface area contributed by atoms with Gasteiger partial charge in [-0.05, 0) is 94.6 Å². The fourth-order valence-corrected chi connectivity index (χ4v) is 5.70. The Bertz CT molecular complexity index is 1620. The number of hydrogen-bond acceptors (Lipinski definition) is 9. The molecule has 13 nitrogen and oxygen atoms in total. The van der Waals surface area contributed by atoms with Crippen LogP contribution >= 0.6 is 15.9 Å². The van der Waals surface area contributed by atoms with Gasteiger partial charge in [-0.25, -0.2) is 19.6 Å². The van der Waals surface area contributed by atoms with Gasteiger partial charge in [-0.3, -0.25) is 0 Å². The minimum absolute atomic E-state index is 0.200. The standard InChI is InChI=1S/C16H22N4O2.C9H18N2O2.C7H5BrN2.C4H8O/c1-16(2,3)22-15(21)20-9-7-19(8-10-20)13-11-18-14-12(13)5-4-6-17-14;1-9(2,3)13-8(12)11-6-4-10-5-7-11;8-6-4-10-7-5(6)2-1-3-9-7;1-2-4-5-3-1/h4-6,11H,7-10H2,1-3H3,(H,17,18);10H,4-7H2,1-3H3;1-4H,(H,9,10);1-4H2. The van der Waals surface area contributed by atoms with Crippen molar-refractivity contribution in [3.8, 4) is 0 Å². The number of amides is 2. The van der Waals surface area contributed by atoms with Gasteiger partial charge in [0.05, 0.1) is 5.69 Å². The molecule has 7 heterocycles. The lowest BCUT2D eigenvalue weighted by atomic mass is 10.2. The van der Waals surface area contributed by atoms with Crippen LogP contribution in [0.4, 0.5) is 15.3 Å². The van der Waals surface area contributed by atoms with Crippen LogP contribution in [0, 0.1) is 0 Å². The van der Waals surface area contributed by atoms with E-state index in [2.05, 4.69) is 52.1 Å². The van der Waals surface area contributed by atoms with Crippen molar-refractivity contribution in [2.24, 2.45) is 0 Å². The second-order valence-corrected chi connectivity index (χ2v) is 15.0. The number of anilines is 1. The number of pyridine rings is 2. The zero-order valence-electron chi connectivity index (χ0n) is 30.3. The first kappa shape index (κ1) is 38.9. The maximum Gasteiger partial charge on any atom is 0.410 e. The first-order valence-corrected chi connectivity index (χ1v) is 18.1. The Labute approximate surface area is 303 Å². The number of ether oxygens (including phenoxy) is 3. The minimum Gasteiger partial charge on any atom is -0.444 e. The first-order chi connectivity index (χ1) is 23.8. The molecule has 2 amide bonds. The fourth-order valence-electron chi connectivity index (χ4n) is 5.27. The van der Waals surface area contributed by atoms with Gasteiger partial charge in [0.1, 0.15) is 22.5 Å². The highest BCUT2D eigenvalue weighted by atomic mass is 79.9. The zero-order valence-corrected chi connectivity index (χ0v) is 31.8. The van der Waals surface area contributed by atoms with Crippen LogP contribution < -0.4 is 10.2 Å². The Kier molecular flexibility index (Phi) is 14.3. The van der Waals surface area contributed by atoms with Crippen LogP contribution in [0.3, 0.4) is 0 Å². The summed E-state index contributed by atoms with van der Waals surface area (Å²) in [6.45, 7) is 19.4. The SMILES string of the molecule is Brc1c[nH]c2ncccc12.C1CCOC1.CC(C)(C)OC(=O)N1CCN(c2c[nH]c3ncccc23)CC1.CC(C)(C)OC(=O)N1CCNCC1. The third-order valence-corrected chi connectivity index (χ3v) is 8.35. The van der Waals surface area contributed by atoms with Crippen LogP contribution in [0.15, 0.2) is 53.5 Å². The number of aromatic nitrogens is 4. The summed E-state index contributed by atoms with van der Waals surface area (Å²) in [6, 6.07) is 7.94. The summed E-state index contributed by atoms with van der Waals surface area (Å²) >= 11 is 3.40. The minimum atomic E-state index is -0.448. The normalized spacial score (nSPS) is 16.4. The van der Waals surface area contributed by atoms with Crippen molar-refractivity contribution in [2.75, 3.05) is 70.5 Å². The van der Waals surface area contributed by atoms with Crippen molar-refractivity contribution in [1.29, 1.82) is 0 Å². The molecule has 14 heteroatoms. The van der Waals surface area contributed by atoms with E-state index in [0.717, 1.165) is 84.7 Å². The number of carbonyl (C=O) groups is 2. The lowest BCUT2D eigenvalue weighted by Crippen LogP contribution is -2.50. The van der Waals surface area contributed by atoms with Gasteiger partial charge < -0.3 is 44.2 Å². The van der Waals surface area contributed by atoms with E-state index in [-0.39, 0.29) is 17.8 Å². The smallest absolute Gasteiger partial charge is 0.410 e. The Morgan fingerprint density at radius 1 is 0.740 bits per heavy atom. The molecular weight excluding hydrogens is 704 g/mol. The molecule has 3 fully saturated rings. The topological polar surface area (TPSA) is 141 Å². The fraction of sp³-hybridized carbons (Fsp3) is 0.556. The second kappa shape index (κ2) is 18.4. The molecule has 0 atom stereocenters. The van der Waals surface area contributed by atoms with Crippen molar-refractivity contribution in [1.82, 2.24) is 35.1 Å². The number of hydrogen-bond donors (Lipinski definition) is 3. The zero-order chi connectivity index (χ0) is 36.1. The maximum atomic E-state index is 12.1. The van der Waals surface area contributed by atoms with E-state index in [4.69, 9.17) is 14.2 Å². The second-order valence-electron chi connectivity index (χ2n) is 14.1. The Balaban J connectivity index is 0.000000169. The van der Waals surface area contributed by atoms with Gasteiger partial charge in [0.15, 0.2) is 0 Å².